The van der Waals surface area contributed by atoms with Gasteiger partial charge in [-0.3, -0.25) is 4.79 Å². The van der Waals surface area contributed by atoms with E-state index in [1.54, 1.807) is 6.92 Å². The molecule has 2 aliphatic carbocycles. The number of carboxylic acid groups (broad SMARTS) is 1. The Balaban J connectivity index is 2.58. The molecule has 30 heavy (non-hydrogen) atoms. The van der Waals surface area contributed by atoms with E-state index in [9.17, 15) is 15.2 Å². The zero-order chi connectivity index (χ0) is 22.5. The Morgan fingerprint density at radius 3 is 2.57 bits per heavy atom. The van der Waals surface area contributed by atoms with Crippen molar-refractivity contribution >= 4 is 5.97 Å². The molecule has 6 heteroatoms. The molecule has 0 radical (unpaired) electrons. The van der Waals surface area contributed by atoms with Crippen LogP contribution in [0.2, 0.25) is 0 Å². The van der Waals surface area contributed by atoms with E-state index in [4.69, 9.17) is 4.74 Å². The Morgan fingerprint density at radius 2 is 2.07 bits per heavy atom. The number of hydrogen-bond donors (Lipinski definition) is 2. The lowest BCUT2D eigenvalue weighted by atomic mass is 9.79. The first-order chi connectivity index (χ1) is 14.0. The fraction of sp³-hybridized carbons (Fsp3) is 0.583. The molecule has 0 aliphatic heterocycles. The number of aliphatic carboxylic acids is 1. The molecule has 0 amide bonds. The number of nitrogens with one attached hydrogen (secondary N) is 1. The van der Waals surface area contributed by atoms with Gasteiger partial charge in [-0.1, -0.05) is 25.0 Å². The van der Waals surface area contributed by atoms with Crippen LogP contribution in [0, 0.1) is 16.7 Å². The monoisotopic (exact) mass is 413 g/mol. The summed E-state index contributed by atoms with van der Waals surface area (Å²) in [6.45, 7) is 12.7. The topological polar surface area (TPSA) is 85.6 Å². The third kappa shape index (κ3) is 5.99. The highest BCUT2D eigenvalue weighted by Gasteiger charge is 2.41. The summed E-state index contributed by atoms with van der Waals surface area (Å²) in [7, 11) is 0. The maximum Gasteiger partial charge on any atom is 0.313 e. The Morgan fingerprint density at radius 1 is 1.37 bits per heavy atom. The van der Waals surface area contributed by atoms with Gasteiger partial charge in [-0.05, 0) is 59.6 Å². The largest absolute Gasteiger partial charge is 0.481 e. The Hall–Kier alpha value is -2.52. The first-order valence-corrected chi connectivity index (χ1v) is 10.7. The number of hydrogen-bond acceptors (Lipinski definition) is 5. The summed E-state index contributed by atoms with van der Waals surface area (Å²) in [6, 6.07) is 2.18. The van der Waals surface area contributed by atoms with E-state index in [0.717, 1.165) is 37.1 Å². The molecule has 164 valence electrons. The molecule has 0 bridgehead atoms. The van der Waals surface area contributed by atoms with Gasteiger partial charge in [-0.15, -0.1) is 0 Å². The van der Waals surface area contributed by atoms with Crippen molar-refractivity contribution in [2.75, 3.05) is 6.54 Å². The van der Waals surface area contributed by atoms with Gasteiger partial charge in [-0.25, -0.2) is 5.43 Å². The van der Waals surface area contributed by atoms with E-state index in [1.807, 2.05) is 17.2 Å². The van der Waals surface area contributed by atoms with E-state index in [1.165, 1.54) is 11.6 Å². The predicted molar refractivity (Wildman–Crippen MR) is 118 cm³/mol. The highest BCUT2D eigenvalue weighted by atomic mass is 16.5. The van der Waals surface area contributed by atoms with E-state index in [0.29, 0.717) is 12.3 Å². The van der Waals surface area contributed by atoms with E-state index in [-0.39, 0.29) is 17.5 Å². The standard InChI is InChI=1S/C24H35N3O3/c1-7-8-13-27(26-23(3,4)5)20-15-24(6,22(28)29)14-18(16-25)21(20)30-19-11-9-17(2)10-12-19/h9,11,14,26H,7-8,10,12-13,15H2,1-6H3,(H,28,29). The molecule has 1 unspecified atom stereocenters. The molecular weight excluding hydrogens is 378 g/mol. The molecule has 0 aromatic rings. The smallest absolute Gasteiger partial charge is 0.313 e. The summed E-state index contributed by atoms with van der Waals surface area (Å²) in [4.78, 5) is 12.1. The number of rotatable bonds is 8. The molecule has 0 aromatic heterocycles. The van der Waals surface area contributed by atoms with Gasteiger partial charge in [-0.2, -0.15) is 5.26 Å². The zero-order valence-corrected chi connectivity index (χ0v) is 19.1. The minimum absolute atomic E-state index is 0.233. The molecule has 6 nitrogen and oxygen atoms in total. The van der Waals surface area contributed by atoms with Crippen LogP contribution in [-0.4, -0.2) is 28.2 Å². The van der Waals surface area contributed by atoms with Gasteiger partial charge in [0.15, 0.2) is 5.76 Å². The molecule has 0 spiro atoms. The molecule has 2 rings (SSSR count). The summed E-state index contributed by atoms with van der Waals surface area (Å²) in [5.74, 6) is 0.302. The van der Waals surface area contributed by atoms with Crippen LogP contribution in [0.25, 0.3) is 0 Å². The summed E-state index contributed by atoms with van der Waals surface area (Å²) in [5, 5.41) is 21.7. The minimum atomic E-state index is -1.17. The minimum Gasteiger partial charge on any atom is -0.481 e. The maximum atomic E-state index is 12.1. The van der Waals surface area contributed by atoms with Gasteiger partial charge in [0.05, 0.1) is 16.7 Å². The molecule has 0 saturated carbocycles. The van der Waals surface area contributed by atoms with Crippen LogP contribution in [0.4, 0.5) is 0 Å². The first kappa shape index (κ1) is 23.8. The van der Waals surface area contributed by atoms with Gasteiger partial charge in [0, 0.05) is 24.9 Å². The van der Waals surface area contributed by atoms with Crippen molar-refractivity contribution in [1.29, 1.82) is 5.26 Å². The van der Waals surface area contributed by atoms with Crippen molar-refractivity contribution < 1.29 is 14.6 Å². The molecular formula is C24H35N3O3. The summed E-state index contributed by atoms with van der Waals surface area (Å²) in [5.41, 5.74) is 4.36. The van der Waals surface area contributed by atoms with E-state index >= 15 is 0 Å². The van der Waals surface area contributed by atoms with Crippen molar-refractivity contribution in [3.05, 3.63) is 46.6 Å². The summed E-state index contributed by atoms with van der Waals surface area (Å²) >= 11 is 0. The van der Waals surface area contributed by atoms with Gasteiger partial charge in [0.25, 0.3) is 0 Å². The van der Waals surface area contributed by atoms with Gasteiger partial charge < -0.3 is 14.9 Å². The van der Waals surface area contributed by atoms with E-state index in [2.05, 4.69) is 46.1 Å². The molecule has 2 N–H and O–H groups in total. The van der Waals surface area contributed by atoms with Gasteiger partial charge in [0.2, 0.25) is 0 Å². The lowest BCUT2D eigenvalue weighted by Gasteiger charge is -2.40. The van der Waals surface area contributed by atoms with Crippen molar-refractivity contribution in [2.45, 2.75) is 79.2 Å². The number of nitrogens with zero attached hydrogens (tertiary/aromatic N) is 2. The fourth-order valence-electron chi connectivity index (χ4n) is 3.49. The normalized spacial score (nSPS) is 22.0. The third-order valence-corrected chi connectivity index (χ3v) is 5.20. The van der Waals surface area contributed by atoms with Gasteiger partial charge in [0.1, 0.15) is 11.8 Å². The SMILES string of the molecule is CCCCN(NC(C)(C)C)C1=C(OC2=CC=C(C)CC2)C(C#N)=CC(C)(C(=O)O)C1. The van der Waals surface area contributed by atoms with E-state index < -0.39 is 11.4 Å². The molecule has 2 aliphatic rings. The van der Waals surface area contributed by atoms with Crippen LogP contribution in [0.15, 0.2) is 46.6 Å². The highest BCUT2D eigenvalue weighted by molar-refractivity contribution is 5.78. The zero-order valence-electron chi connectivity index (χ0n) is 19.1. The second-order valence-electron chi connectivity index (χ2n) is 9.46. The molecule has 1 atom stereocenters. The van der Waals surface area contributed by atoms with Crippen LogP contribution in [-0.2, 0) is 9.53 Å². The Labute approximate surface area is 180 Å². The van der Waals surface area contributed by atoms with Crippen molar-refractivity contribution in [2.24, 2.45) is 5.41 Å². The molecule has 0 fully saturated rings. The Kier molecular flexibility index (Phi) is 7.54. The average molecular weight is 414 g/mol. The highest BCUT2D eigenvalue weighted by Crippen LogP contribution is 2.41. The maximum absolute atomic E-state index is 12.1. The quantitative estimate of drug-likeness (QED) is 0.533. The van der Waals surface area contributed by atoms with Crippen molar-refractivity contribution in [1.82, 2.24) is 10.4 Å². The van der Waals surface area contributed by atoms with Crippen LogP contribution in [0.1, 0.15) is 73.6 Å². The predicted octanol–water partition coefficient (Wildman–Crippen LogP) is 5.19. The molecule has 0 aromatic carbocycles. The van der Waals surface area contributed by atoms with Crippen molar-refractivity contribution in [3.63, 3.8) is 0 Å². The lowest BCUT2D eigenvalue weighted by molar-refractivity contribution is -0.145. The molecule has 0 heterocycles. The summed E-state index contributed by atoms with van der Waals surface area (Å²) in [6.07, 6.45) is 9.35. The average Bonchev–Trinajstić information content (AvgIpc) is 2.66. The van der Waals surface area contributed by atoms with Crippen LogP contribution in [0.5, 0.6) is 0 Å². The second-order valence-corrected chi connectivity index (χ2v) is 9.46. The van der Waals surface area contributed by atoms with Crippen LogP contribution in [0.3, 0.4) is 0 Å². The number of hydrazine groups is 1. The Bertz CT molecular complexity index is 837. The number of carboxylic acids is 1. The fourth-order valence-corrected chi connectivity index (χ4v) is 3.49. The van der Waals surface area contributed by atoms with Crippen molar-refractivity contribution in [3.8, 4) is 6.07 Å². The second kappa shape index (κ2) is 9.53. The number of carbonyl (C=O) groups is 1. The van der Waals surface area contributed by atoms with Crippen LogP contribution >= 0.6 is 0 Å². The summed E-state index contributed by atoms with van der Waals surface area (Å²) < 4.78 is 6.28. The lowest BCUT2D eigenvalue weighted by Crippen LogP contribution is -2.50. The number of ether oxygens (including phenoxy) is 1. The number of allylic oxidation sites excluding steroid dienone is 6. The number of nitriles is 1. The van der Waals surface area contributed by atoms with Crippen LogP contribution < -0.4 is 5.43 Å². The first-order valence-electron chi connectivity index (χ1n) is 10.7. The molecule has 0 saturated heterocycles. The van der Waals surface area contributed by atoms with Gasteiger partial charge >= 0.3 is 5.97 Å². The number of unbranched alkanes of at least 4 members (excludes halogenated alkanes) is 1. The third-order valence-electron chi connectivity index (χ3n) is 5.20.